The number of rotatable bonds is 4. The number of hydrogen-bond donors (Lipinski definition) is 1. The smallest absolute Gasteiger partial charge is 0.239 e. The minimum atomic E-state index is 0. The number of hydrogen-bond acceptors (Lipinski definition) is 2. The van der Waals surface area contributed by atoms with Crippen LogP contribution in [0.25, 0.3) is 0 Å². The van der Waals surface area contributed by atoms with Gasteiger partial charge in [0.15, 0.2) is 0 Å². The van der Waals surface area contributed by atoms with E-state index in [1.807, 2.05) is 17.0 Å². The molecule has 1 fully saturated rings. The predicted octanol–water partition coefficient (Wildman–Crippen LogP) is 2.91. The molecule has 1 heterocycles. The molecule has 0 aromatic heterocycles. The minimum absolute atomic E-state index is 0. The number of carbonyl (C=O) groups is 1. The van der Waals surface area contributed by atoms with Crippen molar-refractivity contribution in [3.8, 4) is 0 Å². The van der Waals surface area contributed by atoms with E-state index in [4.69, 9.17) is 0 Å². The second-order valence-electron chi connectivity index (χ2n) is 5.28. The summed E-state index contributed by atoms with van der Waals surface area (Å²) in [4.78, 5) is 14.5. The Balaban J connectivity index is 0.00000200. The van der Waals surface area contributed by atoms with Crippen molar-refractivity contribution >= 4 is 18.3 Å². The van der Waals surface area contributed by atoms with Crippen molar-refractivity contribution in [2.45, 2.75) is 45.7 Å². The number of amides is 1. The first-order valence-corrected chi connectivity index (χ1v) is 7.29. The standard InChI is InChI=1S/C16H24N2O.ClH/c1-3-18(12-14-9-5-4-8-13(14)2)16(19)15-10-6-7-11-17-15;/h4-5,8-9,15,17H,3,6-7,10-12H2,1-2H3;1H. The molecule has 0 bridgehead atoms. The van der Waals surface area contributed by atoms with E-state index in [2.05, 4.69) is 31.3 Å². The molecule has 0 saturated carbocycles. The van der Waals surface area contributed by atoms with Crippen molar-refractivity contribution in [3.63, 3.8) is 0 Å². The quantitative estimate of drug-likeness (QED) is 0.926. The number of halogens is 1. The molecule has 1 N–H and O–H groups in total. The van der Waals surface area contributed by atoms with Crippen molar-refractivity contribution in [2.75, 3.05) is 13.1 Å². The zero-order valence-electron chi connectivity index (χ0n) is 12.4. The zero-order valence-corrected chi connectivity index (χ0v) is 13.2. The Morgan fingerprint density at radius 2 is 2.10 bits per heavy atom. The molecule has 1 saturated heterocycles. The molecule has 1 aromatic rings. The number of piperidine rings is 1. The summed E-state index contributed by atoms with van der Waals surface area (Å²) in [7, 11) is 0. The monoisotopic (exact) mass is 296 g/mol. The van der Waals surface area contributed by atoms with Gasteiger partial charge in [-0.2, -0.15) is 0 Å². The summed E-state index contributed by atoms with van der Waals surface area (Å²) in [5.41, 5.74) is 2.50. The highest BCUT2D eigenvalue weighted by Gasteiger charge is 2.24. The Labute approximate surface area is 128 Å². The van der Waals surface area contributed by atoms with Crippen LogP contribution in [-0.2, 0) is 11.3 Å². The van der Waals surface area contributed by atoms with Gasteiger partial charge in [0.1, 0.15) is 0 Å². The van der Waals surface area contributed by atoms with Crippen LogP contribution in [0.1, 0.15) is 37.3 Å². The lowest BCUT2D eigenvalue weighted by atomic mass is 10.0. The molecule has 1 unspecified atom stereocenters. The fourth-order valence-electron chi connectivity index (χ4n) is 2.62. The Bertz CT molecular complexity index is 430. The van der Waals surface area contributed by atoms with Crippen LogP contribution in [0.3, 0.4) is 0 Å². The van der Waals surface area contributed by atoms with E-state index >= 15 is 0 Å². The van der Waals surface area contributed by atoms with Crippen LogP contribution in [0.5, 0.6) is 0 Å². The van der Waals surface area contributed by atoms with E-state index in [1.165, 1.54) is 17.5 Å². The molecule has 2 rings (SSSR count). The van der Waals surface area contributed by atoms with E-state index in [1.54, 1.807) is 0 Å². The van der Waals surface area contributed by atoms with E-state index in [-0.39, 0.29) is 24.4 Å². The van der Waals surface area contributed by atoms with Crippen molar-refractivity contribution in [2.24, 2.45) is 0 Å². The summed E-state index contributed by atoms with van der Waals surface area (Å²) in [5, 5.41) is 3.34. The van der Waals surface area contributed by atoms with Crippen molar-refractivity contribution in [3.05, 3.63) is 35.4 Å². The molecule has 0 spiro atoms. The SMILES string of the molecule is CCN(Cc1ccccc1C)C(=O)C1CCCCN1.Cl. The first-order chi connectivity index (χ1) is 9.22. The van der Waals surface area contributed by atoms with Gasteiger partial charge < -0.3 is 10.2 Å². The largest absolute Gasteiger partial charge is 0.337 e. The van der Waals surface area contributed by atoms with Gasteiger partial charge in [0, 0.05) is 13.1 Å². The second-order valence-corrected chi connectivity index (χ2v) is 5.28. The normalized spacial score (nSPS) is 18.2. The van der Waals surface area contributed by atoms with Crippen LogP contribution in [-0.4, -0.2) is 29.9 Å². The van der Waals surface area contributed by atoms with Crippen LogP contribution in [0.4, 0.5) is 0 Å². The molecular formula is C16H25ClN2O. The van der Waals surface area contributed by atoms with Crippen molar-refractivity contribution in [1.29, 1.82) is 0 Å². The van der Waals surface area contributed by atoms with Gasteiger partial charge in [0.25, 0.3) is 0 Å². The summed E-state index contributed by atoms with van der Waals surface area (Å²) in [6.07, 6.45) is 3.32. The molecule has 1 aromatic carbocycles. The average Bonchev–Trinajstić information content (AvgIpc) is 2.47. The molecule has 0 aliphatic carbocycles. The summed E-state index contributed by atoms with van der Waals surface area (Å²) < 4.78 is 0. The molecule has 1 amide bonds. The van der Waals surface area contributed by atoms with E-state index < -0.39 is 0 Å². The number of nitrogens with one attached hydrogen (secondary N) is 1. The number of likely N-dealkylation sites (N-methyl/N-ethyl adjacent to an activating group) is 1. The number of benzene rings is 1. The molecule has 112 valence electrons. The lowest BCUT2D eigenvalue weighted by Gasteiger charge is -2.29. The fraction of sp³-hybridized carbons (Fsp3) is 0.562. The van der Waals surface area contributed by atoms with Crippen LogP contribution >= 0.6 is 12.4 Å². The number of carbonyl (C=O) groups excluding carboxylic acids is 1. The van der Waals surface area contributed by atoms with Crippen LogP contribution < -0.4 is 5.32 Å². The van der Waals surface area contributed by atoms with Gasteiger partial charge in [-0.1, -0.05) is 30.7 Å². The Morgan fingerprint density at radius 1 is 1.35 bits per heavy atom. The number of aryl methyl sites for hydroxylation is 1. The van der Waals surface area contributed by atoms with Crippen molar-refractivity contribution in [1.82, 2.24) is 10.2 Å². The molecule has 4 heteroatoms. The first kappa shape index (κ1) is 17.0. The molecule has 20 heavy (non-hydrogen) atoms. The van der Waals surface area contributed by atoms with Gasteiger partial charge >= 0.3 is 0 Å². The van der Waals surface area contributed by atoms with E-state index in [9.17, 15) is 4.79 Å². The van der Waals surface area contributed by atoms with Crippen LogP contribution in [0.15, 0.2) is 24.3 Å². The molecule has 0 radical (unpaired) electrons. The summed E-state index contributed by atoms with van der Waals surface area (Å²) in [6.45, 7) is 6.62. The van der Waals surface area contributed by atoms with Gasteiger partial charge in [-0.05, 0) is 44.4 Å². The predicted molar refractivity (Wildman–Crippen MR) is 85.2 cm³/mol. The maximum absolute atomic E-state index is 12.5. The highest BCUT2D eigenvalue weighted by molar-refractivity contribution is 5.85. The molecular weight excluding hydrogens is 272 g/mol. The summed E-state index contributed by atoms with van der Waals surface area (Å²) in [5.74, 6) is 0.255. The molecule has 1 atom stereocenters. The van der Waals surface area contributed by atoms with E-state index in [0.29, 0.717) is 0 Å². The fourth-order valence-corrected chi connectivity index (χ4v) is 2.62. The third-order valence-electron chi connectivity index (χ3n) is 3.92. The lowest BCUT2D eigenvalue weighted by molar-refractivity contribution is -0.134. The average molecular weight is 297 g/mol. The van der Waals surface area contributed by atoms with E-state index in [0.717, 1.165) is 32.5 Å². The maximum Gasteiger partial charge on any atom is 0.239 e. The van der Waals surface area contributed by atoms with Gasteiger partial charge in [-0.3, -0.25) is 4.79 Å². The molecule has 3 nitrogen and oxygen atoms in total. The zero-order chi connectivity index (χ0) is 13.7. The van der Waals surface area contributed by atoms with Gasteiger partial charge in [-0.15, -0.1) is 12.4 Å². The van der Waals surface area contributed by atoms with Gasteiger partial charge in [0.05, 0.1) is 6.04 Å². The summed E-state index contributed by atoms with van der Waals surface area (Å²) >= 11 is 0. The van der Waals surface area contributed by atoms with Gasteiger partial charge in [-0.25, -0.2) is 0 Å². The van der Waals surface area contributed by atoms with Crippen molar-refractivity contribution < 1.29 is 4.79 Å². The maximum atomic E-state index is 12.5. The minimum Gasteiger partial charge on any atom is -0.337 e. The Morgan fingerprint density at radius 3 is 2.70 bits per heavy atom. The second kappa shape index (κ2) is 8.28. The third kappa shape index (κ3) is 4.22. The lowest BCUT2D eigenvalue weighted by Crippen LogP contribution is -2.48. The highest BCUT2D eigenvalue weighted by Crippen LogP contribution is 2.14. The Kier molecular flexibility index (Phi) is 7.03. The molecule has 1 aliphatic rings. The highest BCUT2D eigenvalue weighted by atomic mass is 35.5. The Hall–Kier alpha value is -1.06. The van der Waals surface area contributed by atoms with Crippen LogP contribution in [0, 0.1) is 6.92 Å². The number of nitrogens with zero attached hydrogens (tertiary/aromatic N) is 1. The third-order valence-corrected chi connectivity index (χ3v) is 3.92. The first-order valence-electron chi connectivity index (χ1n) is 7.29. The summed E-state index contributed by atoms with van der Waals surface area (Å²) in [6, 6.07) is 8.32. The topological polar surface area (TPSA) is 32.3 Å². The van der Waals surface area contributed by atoms with Gasteiger partial charge in [0.2, 0.25) is 5.91 Å². The molecule has 1 aliphatic heterocycles. The van der Waals surface area contributed by atoms with Crippen LogP contribution in [0.2, 0.25) is 0 Å².